The normalized spacial score (nSPS) is 21.9. The van der Waals surface area contributed by atoms with Crippen LogP contribution in [0.1, 0.15) is 47.8 Å². The van der Waals surface area contributed by atoms with Crippen molar-refractivity contribution in [1.82, 2.24) is 5.32 Å². The summed E-state index contributed by atoms with van der Waals surface area (Å²) in [6, 6.07) is 0. The molecule has 0 amide bonds. The maximum atomic E-state index is 5.89. The average molecular weight is 205 g/mol. The monoisotopic (exact) mass is 205 g/mol. The van der Waals surface area contributed by atoms with Crippen molar-refractivity contribution in [2.45, 2.75) is 44.9 Å². The molecular formula is C13H19NO. The van der Waals surface area contributed by atoms with Gasteiger partial charge in [0.1, 0.15) is 11.5 Å². The number of nitrogens with one attached hydrogen (secondary N) is 1. The van der Waals surface area contributed by atoms with Crippen molar-refractivity contribution in [3.63, 3.8) is 0 Å². The average Bonchev–Trinajstić information content (AvgIpc) is 2.78. The Hall–Kier alpha value is -0.760. The van der Waals surface area contributed by atoms with Gasteiger partial charge in [0.15, 0.2) is 0 Å². The van der Waals surface area contributed by atoms with E-state index in [1.807, 2.05) is 0 Å². The maximum Gasteiger partial charge on any atom is 0.107 e. The van der Waals surface area contributed by atoms with Gasteiger partial charge in [0.05, 0.1) is 0 Å². The van der Waals surface area contributed by atoms with Gasteiger partial charge in [-0.3, -0.25) is 0 Å². The molecule has 2 heterocycles. The molecule has 2 heteroatoms. The number of hydrogen-bond acceptors (Lipinski definition) is 2. The van der Waals surface area contributed by atoms with E-state index in [0.717, 1.165) is 5.92 Å². The molecule has 1 aromatic heterocycles. The van der Waals surface area contributed by atoms with Gasteiger partial charge in [-0.05, 0) is 62.7 Å². The van der Waals surface area contributed by atoms with Crippen LogP contribution in [0, 0.1) is 6.92 Å². The third-order valence-electron chi connectivity index (χ3n) is 3.90. The molecule has 1 aliphatic heterocycles. The molecule has 0 atom stereocenters. The summed E-state index contributed by atoms with van der Waals surface area (Å²) in [5.41, 5.74) is 3.14. The van der Waals surface area contributed by atoms with E-state index in [4.69, 9.17) is 4.42 Å². The fraction of sp³-hybridized carbons (Fsp3) is 0.692. The standard InChI is InChI=1S/C13H19NO/c1-9-13(10-5-7-14-8-6-10)11-3-2-4-12(11)15-9/h10,14H,2-8H2,1H3. The van der Waals surface area contributed by atoms with Gasteiger partial charge in [0.2, 0.25) is 0 Å². The highest BCUT2D eigenvalue weighted by Crippen LogP contribution is 2.38. The molecule has 1 N–H and O–H groups in total. The van der Waals surface area contributed by atoms with Crippen molar-refractivity contribution in [1.29, 1.82) is 0 Å². The summed E-state index contributed by atoms with van der Waals surface area (Å²) in [5.74, 6) is 3.25. The largest absolute Gasteiger partial charge is 0.466 e. The van der Waals surface area contributed by atoms with Crippen LogP contribution in [-0.4, -0.2) is 13.1 Å². The maximum absolute atomic E-state index is 5.89. The zero-order chi connectivity index (χ0) is 10.3. The van der Waals surface area contributed by atoms with Crippen LogP contribution in [0.4, 0.5) is 0 Å². The second kappa shape index (κ2) is 3.67. The lowest BCUT2D eigenvalue weighted by Gasteiger charge is -2.23. The van der Waals surface area contributed by atoms with Crippen molar-refractivity contribution in [3.05, 3.63) is 22.6 Å². The van der Waals surface area contributed by atoms with Gasteiger partial charge in [-0.15, -0.1) is 0 Å². The van der Waals surface area contributed by atoms with E-state index < -0.39 is 0 Å². The Morgan fingerprint density at radius 3 is 2.80 bits per heavy atom. The van der Waals surface area contributed by atoms with E-state index in [1.165, 1.54) is 56.7 Å². The van der Waals surface area contributed by atoms with Gasteiger partial charge < -0.3 is 9.73 Å². The van der Waals surface area contributed by atoms with Crippen molar-refractivity contribution in [2.24, 2.45) is 0 Å². The summed E-state index contributed by atoms with van der Waals surface area (Å²) >= 11 is 0. The first kappa shape index (κ1) is 9.46. The van der Waals surface area contributed by atoms with Crippen LogP contribution >= 0.6 is 0 Å². The molecule has 0 bridgehead atoms. The van der Waals surface area contributed by atoms with Gasteiger partial charge in [-0.1, -0.05) is 0 Å². The molecule has 0 spiro atoms. The molecule has 3 rings (SSSR count). The smallest absolute Gasteiger partial charge is 0.107 e. The summed E-state index contributed by atoms with van der Waals surface area (Å²) in [4.78, 5) is 0. The number of hydrogen-bond donors (Lipinski definition) is 1. The van der Waals surface area contributed by atoms with Gasteiger partial charge in [-0.25, -0.2) is 0 Å². The summed E-state index contributed by atoms with van der Waals surface area (Å²) < 4.78 is 5.89. The lowest BCUT2D eigenvalue weighted by Crippen LogP contribution is -2.27. The van der Waals surface area contributed by atoms with Crippen molar-refractivity contribution >= 4 is 0 Å². The number of rotatable bonds is 1. The Bertz CT molecular complexity index is 361. The Morgan fingerprint density at radius 1 is 1.20 bits per heavy atom. The predicted octanol–water partition coefficient (Wildman–Crippen LogP) is 2.54. The molecule has 1 saturated heterocycles. The van der Waals surface area contributed by atoms with Crippen LogP contribution in [0.25, 0.3) is 0 Å². The second-order valence-corrected chi connectivity index (χ2v) is 4.85. The molecule has 82 valence electrons. The molecule has 2 aliphatic rings. The Labute approximate surface area is 91.0 Å². The number of piperidine rings is 1. The summed E-state index contributed by atoms with van der Waals surface area (Å²) in [7, 11) is 0. The first-order chi connectivity index (χ1) is 7.36. The summed E-state index contributed by atoms with van der Waals surface area (Å²) in [6.45, 7) is 4.49. The molecular weight excluding hydrogens is 186 g/mol. The van der Waals surface area contributed by atoms with Crippen molar-refractivity contribution in [2.75, 3.05) is 13.1 Å². The Morgan fingerprint density at radius 2 is 2.00 bits per heavy atom. The van der Waals surface area contributed by atoms with Crippen LogP contribution in [0.5, 0.6) is 0 Å². The van der Waals surface area contributed by atoms with Gasteiger partial charge in [-0.2, -0.15) is 0 Å². The zero-order valence-corrected chi connectivity index (χ0v) is 9.44. The van der Waals surface area contributed by atoms with Gasteiger partial charge >= 0.3 is 0 Å². The number of furan rings is 1. The third kappa shape index (κ3) is 1.51. The quantitative estimate of drug-likeness (QED) is 0.762. The molecule has 1 fully saturated rings. The minimum absolute atomic E-state index is 0.761. The molecule has 2 nitrogen and oxygen atoms in total. The van der Waals surface area contributed by atoms with Crippen molar-refractivity contribution < 1.29 is 4.42 Å². The minimum Gasteiger partial charge on any atom is -0.466 e. The predicted molar refractivity (Wildman–Crippen MR) is 60.3 cm³/mol. The molecule has 1 aliphatic carbocycles. The number of fused-ring (bicyclic) bond motifs is 1. The highest BCUT2D eigenvalue weighted by atomic mass is 16.3. The first-order valence-corrected chi connectivity index (χ1v) is 6.18. The second-order valence-electron chi connectivity index (χ2n) is 4.85. The van der Waals surface area contributed by atoms with E-state index in [2.05, 4.69) is 12.2 Å². The highest BCUT2D eigenvalue weighted by Gasteiger charge is 2.27. The van der Waals surface area contributed by atoms with Crippen LogP contribution in [0.15, 0.2) is 4.42 Å². The van der Waals surface area contributed by atoms with E-state index >= 15 is 0 Å². The first-order valence-electron chi connectivity index (χ1n) is 6.18. The minimum atomic E-state index is 0.761. The van der Waals surface area contributed by atoms with Crippen LogP contribution < -0.4 is 5.32 Å². The molecule has 1 aromatic rings. The zero-order valence-electron chi connectivity index (χ0n) is 9.44. The summed E-state index contributed by atoms with van der Waals surface area (Å²) in [5, 5.41) is 3.43. The van der Waals surface area contributed by atoms with Crippen LogP contribution in [0.2, 0.25) is 0 Å². The van der Waals surface area contributed by atoms with E-state index in [-0.39, 0.29) is 0 Å². The van der Waals surface area contributed by atoms with E-state index in [0.29, 0.717) is 0 Å². The van der Waals surface area contributed by atoms with Gasteiger partial charge in [0.25, 0.3) is 0 Å². The van der Waals surface area contributed by atoms with Gasteiger partial charge in [0, 0.05) is 6.42 Å². The fourth-order valence-corrected chi connectivity index (χ4v) is 3.21. The summed E-state index contributed by atoms with van der Waals surface area (Å²) in [6.07, 6.45) is 6.29. The number of aryl methyl sites for hydroxylation is 2. The van der Waals surface area contributed by atoms with E-state index in [1.54, 1.807) is 11.1 Å². The van der Waals surface area contributed by atoms with Crippen LogP contribution in [0.3, 0.4) is 0 Å². The Balaban J connectivity index is 1.95. The molecule has 0 saturated carbocycles. The fourth-order valence-electron chi connectivity index (χ4n) is 3.21. The lowest BCUT2D eigenvalue weighted by atomic mass is 9.87. The molecule has 0 aromatic carbocycles. The van der Waals surface area contributed by atoms with E-state index in [9.17, 15) is 0 Å². The molecule has 15 heavy (non-hydrogen) atoms. The molecule has 0 radical (unpaired) electrons. The third-order valence-corrected chi connectivity index (χ3v) is 3.90. The van der Waals surface area contributed by atoms with Crippen molar-refractivity contribution in [3.8, 4) is 0 Å². The SMILES string of the molecule is Cc1oc2c(c1C1CCNCC1)CCC2. The van der Waals surface area contributed by atoms with Crippen LogP contribution in [-0.2, 0) is 12.8 Å². The Kier molecular flexibility index (Phi) is 2.32. The topological polar surface area (TPSA) is 25.2 Å². The highest BCUT2D eigenvalue weighted by molar-refractivity contribution is 5.39. The molecule has 0 unspecified atom stereocenters. The lowest BCUT2D eigenvalue weighted by molar-refractivity contribution is 0.441.